The zero-order chi connectivity index (χ0) is 13.4. The first-order chi connectivity index (χ1) is 8.63. The maximum Gasteiger partial charge on any atom is 0.326 e. The fourth-order valence-corrected chi connectivity index (χ4v) is 1.41. The van der Waals surface area contributed by atoms with Crippen molar-refractivity contribution in [1.29, 1.82) is 0 Å². The second kappa shape index (κ2) is 7.02. The van der Waals surface area contributed by atoms with Crippen LogP contribution in [0.3, 0.4) is 0 Å². The molecule has 0 amide bonds. The van der Waals surface area contributed by atoms with Gasteiger partial charge >= 0.3 is 5.97 Å². The van der Waals surface area contributed by atoms with E-state index in [1.807, 2.05) is 30.3 Å². The Kier molecular flexibility index (Phi) is 5.33. The third-order valence-corrected chi connectivity index (χ3v) is 2.25. The van der Waals surface area contributed by atoms with Gasteiger partial charge in [0.15, 0.2) is 5.88 Å². The van der Waals surface area contributed by atoms with Gasteiger partial charge in [-0.25, -0.2) is 4.79 Å². The summed E-state index contributed by atoms with van der Waals surface area (Å²) in [5.74, 6) is 1.48. The molecule has 1 aromatic carbocycles. The van der Waals surface area contributed by atoms with E-state index in [2.05, 4.69) is 17.8 Å². The Hall–Kier alpha value is -2.41. The van der Waals surface area contributed by atoms with Crippen LogP contribution in [-0.2, 0) is 16.0 Å². The Morgan fingerprint density at radius 2 is 2.17 bits per heavy atom. The number of aliphatic carboxylic acids is 1. The van der Waals surface area contributed by atoms with Gasteiger partial charge in [0, 0.05) is 6.42 Å². The normalized spacial score (nSPS) is 11.1. The molecule has 0 aliphatic carbocycles. The number of carboxylic acid groups (broad SMARTS) is 1. The van der Waals surface area contributed by atoms with Crippen molar-refractivity contribution < 1.29 is 14.6 Å². The van der Waals surface area contributed by atoms with Crippen LogP contribution >= 0.6 is 0 Å². The van der Waals surface area contributed by atoms with Gasteiger partial charge < -0.3 is 15.2 Å². The molecule has 1 aromatic rings. The van der Waals surface area contributed by atoms with Crippen LogP contribution in [0.5, 0.6) is 0 Å². The zero-order valence-corrected chi connectivity index (χ0v) is 9.93. The minimum absolute atomic E-state index is 0.0590. The van der Waals surface area contributed by atoms with Crippen LogP contribution in [0, 0.1) is 12.3 Å². The van der Waals surface area contributed by atoms with Crippen LogP contribution in [-0.4, -0.2) is 23.7 Å². The van der Waals surface area contributed by atoms with Gasteiger partial charge in [0.05, 0.1) is 0 Å². The summed E-state index contributed by atoms with van der Waals surface area (Å²) < 4.78 is 5.00. The van der Waals surface area contributed by atoms with E-state index >= 15 is 0 Å². The SMILES string of the molecule is C#CCOC(=C)N[C@H](Cc1ccccc1)C(=O)O. The van der Waals surface area contributed by atoms with Gasteiger partial charge in [0.1, 0.15) is 12.6 Å². The quantitative estimate of drug-likeness (QED) is 0.563. The molecule has 0 unspecified atom stereocenters. The van der Waals surface area contributed by atoms with Gasteiger partial charge in [-0.05, 0) is 12.1 Å². The lowest BCUT2D eigenvalue weighted by atomic mass is 10.1. The molecule has 0 aromatic heterocycles. The van der Waals surface area contributed by atoms with E-state index in [9.17, 15) is 4.79 Å². The molecule has 0 heterocycles. The van der Waals surface area contributed by atoms with Crippen LogP contribution in [0.15, 0.2) is 42.8 Å². The smallest absolute Gasteiger partial charge is 0.326 e. The number of benzene rings is 1. The zero-order valence-electron chi connectivity index (χ0n) is 9.93. The lowest BCUT2D eigenvalue weighted by Crippen LogP contribution is -2.38. The number of carbonyl (C=O) groups is 1. The summed E-state index contributed by atoms with van der Waals surface area (Å²) in [4.78, 5) is 11.1. The summed E-state index contributed by atoms with van der Waals surface area (Å²) in [6.45, 7) is 3.62. The molecule has 0 saturated carbocycles. The topological polar surface area (TPSA) is 58.6 Å². The monoisotopic (exact) mass is 245 g/mol. The van der Waals surface area contributed by atoms with Crippen molar-refractivity contribution in [1.82, 2.24) is 5.32 Å². The Morgan fingerprint density at radius 1 is 1.50 bits per heavy atom. The highest BCUT2D eigenvalue weighted by molar-refractivity contribution is 5.74. The van der Waals surface area contributed by atoms with Crippen molar-refractivity contribution >= 4 is 5.97 Å². The lowest BCUT2D eigenvalue weighted by Gasteiger charge is -2.17. The third kappa shape index (κ3) is 4.62. The molecule has 0 saturated heterocycles. The number of terminal acetylenes is 1. The molecule has 0 fully saturated rings. The first kappa shape index (κ1) is 13.7. The Balaban J connectivity index is 2.59. The van der Waals surface area contributed by atoms with E-state index in [-0.39, 0.29) is 12.5 Å². The molecule has 2 N–H and O–H groups in total. The van der Waals surface area contributed by atoms with Gasteiger partial charge in [-0.2, -0.15) is 0 Å². The predicted octanol–water partition coefficient (Wildman–Crippen LogP) is 1.39. The summed E-state index contributed by atoms with van der Waals surface area (Å²) in [6, 6.07) is 8.53. The minimum atomic E-state index is -0.968. The highest BCUT2D eigenvalue weighted by Crippen LogP contribution is 2.05. The Labute approximate surface area is 106 Å². The van der Waals surface area contributed by atoms with Gasteiger partial charge in [-0.3, -0.25) is 0 Å². The summed E-state index contributed by atoms with van der Waals surface area (Å²) >= 11 is 0. The molecule has 0 spiro atoms. The highest BCUT2D eigenvalue weighted by Gasteiger charge is 2.18. The van der Waals surface area contributed by atoms with E-state index < -0.39 is 12.0 Å². The van der Waals surface area contributed by atoms with E-state index in [4.69, 9.17) is 16.3 Å². The maximum atomic E-state index is 11.1. The second-order valence-electron chi connectivity index (χ2n) is 3.64. The molecule has 94 valence electrons. The number of hydrogen-bond acceptors (Lipinski definition) is 3. The molecule has 1 rings (SSSR count). The molecule has 4 nitrogen and oxygen atoms in total. The average Bonchev–Trinajstić information content (AvgIpc) is 2.36. The number of hydrogen-bond donors (Lipinski definition) is 2. The van der Waals surface area contributed by atoms with Crippen molar-refractivity contribution in [2.24, 2.45) is 0 Å². The van der Waals surface area contributed by atoms with Crippen molar-refractivity contribution in [3.8, 4) is 12.3 Å². The fourth-order valence-electron chi connectivity index (χ4n) is 1.41. The van der Waals surface area contributed by atoms with Crippen LogP contribution in [0.2, 0.25) is 0 Å². The second-order valence-corrected chi connectivity index (χ2v) is 3.64. The minimum Gasteiger partial charge on any atom is -0.480 e. The molecule has 0 bridgehead atoms. The van der Waals surface area contributed by atoms with Crippen molar-refractivity contribution in [3.63, 3.8) is 0 Å². The van der Waals surface area contributed by atoms with Crippen molar-refractivity contribution in [3.05, 3.63) is 48.4 Å². The molecule has 1 atom stereocenters. The molecule has 18 heavy (non-hydrogen) atoms. The molecule has 0 radical (unpaired) electrons. The van der Waals surface area contributed by atoms with E-state index in [0.717, 1.165) is 5.56 Å². The number of rotatable bonds is 7. The average molecular weight is 245 g/mol. The standard InChI is InChI=1S/C14H15NO3/c1-3-9-18-11(2)15-13(14(16)17)10-12-7-5-4-6-8-12/h1,4-8,13,15H,2,9-10H2,(H,16,17)/t13-/m1/s1. The Bertz CT molecular complexity index is 448. The molecule has 0 aliphatic heterocycles. The summed E-state index contributed by atoms with van der Waals surface area (Å²) in [7, 11) is 0. The summed E-state index contributed by atoms with van der Waals surface area (Å²) in [6.07, 6.45) is 5.37. The van der Waals surface area contributed by atoms with E-state index in [1.54, 1.807) is 0 Å². The fraction of sp³-hybridized carbons (Fsp3) is 0.214. The maximum absolute atomic E-state index is 11.1. The van der Waals surface area contributed by atoms with Gasteiger partial charge in [-0.15, -0.1) is 6.42 Å². The summed E-state index contributed by atoms with van der Waals surface area (Å²) in [5, 5.41) is 11.8. The van der Waals surface area contributed by atoms with Gasteiger partial charge in [0.25, 0.3) is 0 Å². The van der Waals surface area contributed by atoms with Gasteiger partial charge in [-0.1, -0.05) is 36.3 Å². The van der Waals surface area contributed by atoms with Crippen LogP contribution in [0.25, 0.3) is 0 Å². The summed E-state index contributed by atoms with van der Waals surface area (Å²) in [5.41, 5.74) is 0.919. The van der Waals surface area contributed by atoms with E-state index in [1.165, 1.54) is 0 Å². The predicted molar refractivity (Wildman–Crippen MR) is 68.6 cm³/mol. The number of nitrogens with one attached hydrogen (secondary N) is 1. The van der Waals surface area contributed by atoms with Crippen LogP contribution < -0.4 is 5.32 Å². The highest BCUT2D eigenvalue weighted by atomic mass is 16.5. The Morgan fingerprint density at radius 3 is 2.72 bits per heavy atom. The van der Waals surface area contributed by atoms with Crippen LogP contribution in [0.4, 0.5) is 0 Å². The lowest BCUT2D eigenvalue weighted by molar-refractivity contribution is -0.139. The number of carboxylic acids is 1. The van der Waals surface area contributed by atoms with Crippen molar-refractivity contribution in [2.75, 3.05) is 6.61 Å². The first-order valence-corrected chi connectivity index (χ1v) is 5.42. The molecular weight excluding hydrogens is 230 g/mol. The first-order valence-electron chi connectivity index (χ1n) is 5.42. The molecule has 4 heteroatoms. The third-order valence-electron chi connectivity index (χ3n) is 2.25. The largest absolute Gasteiger partial charge is 0.480 e. The van der Waals surface area contributed by atoms with Crippen LogP contribution in [0.1, 0.15) is 5.56 Å². The molecular formula is C14H15NO3. The van der Waals surface area contributed by atoms with E-state index in [0.29, 0.717) is 6.42 Å². The molecule has 0 aliphatic rings. The van der Waals surface area contributed by atoms with Crippen molar-refractivity contribution in [2.45, 2.75) is 12.5 Å². The van der Waals surface area contributed by atoms with Gasteiger partial charge in [0.2, 0.25) is 0 Å². The number of ether oxygens (including phenoxy) is 1.